The predicted octanol–water partition coefficient (Wildman–Crippen LogP) is 3.52. The molecule has 0 aliphatic heterocycles. The first-order valence-corrected chi connectivity index (χ1v) is 7.45. The molecule has 1 aromatic rings. The third-order valence-electron chi connectivity index (χ3n) is 3.13. The fourth-order valence-electron chi connectivity index (χ4n) is 1.88. The van der Waals surface area contributed by atoms with Gasteiger partial charge in [-0.15, -0.1) is 0 Å². The molecule has 3 nitrogen and oxygen atoms in total. The van der Waals surface area contributed by atoms with Gasteiger partial charge in [0.25, 0.3) is 0 Å². The summed E-state index contributed by atoms with van der Waals surface area (Å²) in [6, 6.07) is 6.90. The Bertz CT molecular complexity index is 388. The topological polar surface area (TPSA) is 30.5 Å². The molecule has 0 atom stereocenters. The van der Waals surface area contributed by atoms with E-state index in [1.807, 2.05) is 12.1 Å². The fraction of sp³-hybridized carbons (Fsp3) is 0.625. The number of ether oxygens (including phenoxy) is 2. The van der Waals surface area contributed by atoms with E-state index in [1.165, 1.54) is 18.4 Å². The highest BCUT2D eigenvalue weighted by atomic mass is 16.5. The van der Waals surface area contributed by atoms with Crippen LogP contribution < -0.4 is 14.8 Å². The van der Waals surface area contributed by atoms with Crippen molar-refractivity contribution in [2.45, 2.75) is 52.1 Å². The summed E-state index contributed by atoms with van der Waals surface area (Å²) < 4.78 is 11.5. The molecule has 1 aliphatic rings. The minimum Gasteiger partial charge on any atom is -0.493 e. The Labute approximate surface area is 116 Å². The van der Waals surface area contributed by atoms with Gasteiger partial charge in [0, 0.05) is 24.2 Å². The number of hydrogen-bond acceptors (Lipinski definition) is 3. The Morgan fingerprint density at radius 1 is 1.11 bits per heavy atom. The zero-order chi connectivity index (χ0) is 13.5. The van der Waals surface area contributed by atoms with Gasteiger partial charge in [0.05, 0.1) is 13.2 Å². The maximum atomic E-state index is 5.84. The largest absolute Gasteiger partial charge is 0.493 e. The van der Waals surface area contributed by atoms with Gasteiger partial charge in [0.1, 0.15) is 11.5 Å². The monoisotopic (exact) mass is 263 g/mol. The molecular weight excluding hydrogens is 238 g/mol. The van der Waals surface area contributed by atoms with Crippen LogP contribution in [0.5, 0.6) is 11.5 Å². The van der Waals surface area contributed by atoms with Crippen LogP contribution in [0.4, 0.5) is 0 Å². The highest BCUT2D eigenvalue weighted by molar-refractivity contribution is 5.40. The standard InChI is InChI=1S/C16H25NO2/c1-3-9-18-15-8-5-13(12-17-14-6-7-14)16(11-15)19-10-4-2/h5,8,11,14,17H,3-4,6-7,9-10,12H2,1-2H3. The summed E-state index contributed by atoms with van der Waals surface area (Å²) in [6.07, 6.45) is 4.66. The zero-order valence-corrected chi connectivity index (χ0v) is 12.1. The molecule has 19 heavy (non-hydrogen) atoms. The molecule has 1 saturated carbocycles. The van der Waals surface area contributed by atoms with Crippen LogP contribution in [0.1, 0.15) is 45.1 Å². The molecule has 106 valence electrons. The molecule has 1 N–H and O–H groups in total. The van der Waals surface area contributed by atoms with E-state index in [0.717, 1.165) is 50.1 Å². The van der Waals surface area contributed by atoms with Gasteiger partial charge in [-0.05, 0) is 31.7 Å². The van der Waals surface area contributed by atoms with Gasteiger partial charge in [-0.3, -0.25) is 0 Å². The summed E-state index contributed by atoms with van der Waals surface area (Å²) in [5, 5.41) is 3.53. The maximum Gasteiger partial charge on any atom is 0.127 e. The van der Waals surface area contributed by atoms with E-state index in [-0.39, 0.29) is 0 Å². The highest BCUT2D eigenvalue weighted by Gasteiger charge is 2.20. The lowest BCUT2D eigenvalue weighted by Crippen LogP contribution is -2.16. The second-order valence-corrected chi connectivity index (χ2v) is 5.12. The maximum absolute atomic E-state index is 5.84. The Morgan fingerprint density at radius 2 is 1.84 bits per heavy atom. The van der Waals surface area contributed by atoms with Crippen LogP contribution in [0.25, 0.3) is 0 Å². The van der Waals surface area contributed by atoms with E-state index >= 15 is 0 Å². The second kappa shape index (κ2) is 7.39. The lowest BCUT2D eigenvalue weighted by Gasteiger charge is -2.14. The van der Waals surface area contributed by atoms with Crippen LogP contribution in [0.3, 0.4) is 0 Å². The van der Waals surface area contributed by atoms with Crippen molar-refractivity contribution in [2.24, 2.45) is 0 Å². The lowest BCUT2D eigenvalue weighted by molar-refractivity contribution is 0.299. The van der Waals surface area contributed by atoms with E-state index in [2.05, 4.69) is 25.2 Å². The van der Waals surface area contributed by atoms with Crippen molar-refractivity contribution in [1.82, 2.24) is 5.32 Å². The van der Waals surface area contributed by atoms with Crippen molar-refractivity contribution in [1.29, 1.82) is 0 Å². The van der Waals surface area contributed by atoms with Crippen LogP contribution in [-0.4, -0.2) is 19.3 Å². The number of hydrogen-bond donors (Lipinski definition) is 1. The third-order valence-corrected chi connectivity index (χ3v) is 3.13. The molecule has 2 rings (SSSR count). The Morgan fingerprint density at radius 3 is 2.53 bits per heavy atom. The molecule has 0 radical (unpaired) electrons. The zero-order valence-electron chi connectivity index (χ0n) is 12.1. The van der Waals surface area contributed by atoms with Gasteiger partial charge in [0.2, 0.25) is 0 Å². The van der Waals surface area contributed by atoms with Gasteiger partial charge in [0.15, 0.2) is 0 Å². The Kier molecular flexibility index (Phi) is 5.52. The number of nitrogens with one attached hydrogen (secondary N) is 1. The summed E-state index contributed by atoms with van der Waals surface area (Å²) in [4.78, 5) is 0. The van der Waals surface area contributed by atoms with Gasteiger partial charge >= 0.3 is 0 Å². The van der Waals surface area contributed by atoms with Gasteiger partial charge in [-0.2, -0.15) is 0 Å². The predicted molar refractivity (Wildman–Crippen MR) is 77.9 cm³/mol. The first-order valence-electron chi connectivity index (χ1n) is 7.45. The molecule has 1 fully saturated rings. The van der Waals surface area contributed by atoms with E-state index < -0.39 is 0 Å². The van der Waals surface area contributed by atoms with Crippen LogP contribution in [0.15, 0.2) is 18.2 Å². The van der Waals surface area contributed by atoms with Crippen molar-refractivity contribution in [3.63, 3.8) is 0 Å². The minimum absolute atomic E-state index is 0.718. The van der Waals surface area contributed by atoms with E-state index in [0.29, 0.717) is 0 Å². The van der Waals surface area contributed by atoms with E-state index in [9.17, 15) is 0 Å². The van der Waals surface area contributed by atoms with Crippen LogP contribution in [0, 0.1) is 0 Å². The summed E-state index contributed by atoms with van der Waals surface area (Å²) in [5.74, 6) is 1.87. The average molecular weight is 263 g/mol. The van der Waals surface area contributed by atoms with Crippen molar-refractivity contribution in [3.05, 3.63) is 23.8 Å². The molecule has 0 spiro atoms. The molecule has 0 unspecified atom stereocenters. The highest BCUT2D eigenvalue weighted by Crippen LogP contribution is 2.27. The van der Waals surface area contributed by atoms with Crippen molar-refractivity contribution >= 4 is 0 Å². The quantitative estimate of drug-likeness (QED) is 0.739. The molecule has 0 amide bonds. The second-order valence-electron chi connectivity index (χ2n) is 5.12. The first-order chi connectivity index (χ1) is 9.33. The van der Waals surface area contributed by atoms with E-state index in [1.54, 1.807) is 0 Å². The molecule has 3 heteroatoms. The summed E-state index contributed by atoms with van der Waals surface area (Å²) in [7, 11) is 0. The van der Waals surface area contributed by atoms with Gasteiger partial charge < -0.3 is 14.8 Å². The molecule has 0 bridgehead atoms. The molecule has 1 aromatic carbocycles. The average Bonchev–Trinajstić information content (AvgIpc) is 3.25. The van der Waals surface area contributed by atoms with Crippen molar-refractivity contribution in [2.75, 3.05) is 13.2 Å². The molecule has 0 heterocycles. The Hall–Kier alpha value is -1.22. The smallest absolute Gasteiger partial charge is 0.127 e. The minimum atomic E-state index is 0.718. The van der Waals surface area contributed by atoms with Gasteiger partial charge in [-0.1, -0.05) is 19.9 Å². The molecule has 1 aliphatic carbocycles. The van der Waals surface area contributed by atoms with Crippen molar-refractivity contribution in [3.8, 4) is 11.5 Å². The number of rotatable bonds is 9. The Balaban J connectivity index is 2.00. The van der Waals surface area contributed by atoms with E-state index in [4.69, 9.17) is 9.47 Å². The summed E-state index contributed by atoms with van der Waals surface area (Å²) in [5.41, 5.74) is 1.23. The molecule has 0 aromatic heterocycles. The van der Waals surface area contributed by atoms with Crippen molar-refractivity contribution < 1.29 is 9.47 Å². The number of benzene rings is 1. The first kappa shape index (κ1) is 14.2. The van der Waals surface area contributed by atoms with Crippen LogP contribution in [-0.2, 0) is 6.54 Å². The fourth-order valence-corrected chi connectivity index (χ4v) is 1.88. The lowest BCUT2D eigenvalue weighted by atomic mass is 10.2. The summed E-state index contributed by atoms with van der Waals surface area (Å²) in [6.45, 7) is 6.64. The van der Waals surface area contributed by atoms with Crippen LogP contribution in [0.2, 0.25) is 0 Å². The van der Waals surface area contributed by atoms with Crippen LogP contribution >= 0.6 is 0 Å². The van der Waals surface area contributed by atoms with Gasteiger partial charge in [-0.25, -0.2) is 0 Å². The molecular formula is C16H25NO2. The normalized spacial score (nSPS) is 14.4. The SMILES string of the molecule is CCCOc1ccc(CNC2CC2)c(OCCC)c1. The third kappa shape index (κ3) is 4.75. The molecule has 0 saturated heterocycles. The summed E-state index contributed by atoms with van der Waals surface area (Å²) >= 11 is 0.